The number of Topliss-reactive ketones (excluding diaryl/α,β-unsaturated/α-hetero) is 1. The van der Waals surface area contributed by atoms with E-state index in [2.05, 4.69) is 0 Å². The Balaban J connectivity index is 2.85. The number of carbonyl (C=O) groups excluding carboxylic acids is 1. The maximum absolute atomic E-state index is 13.1. The fourth-order valence-corrected chi connectivity index (χ4v) is 1.22. The van der Waals surface area contributed by atoms with E-state index < -0.39 is 29.9 Å². The topological polar surface area (TPSA) is 37.3 Å². The van der Waals surface area contributed by atoms with E-state index in [4.69, 9.17) is 0 Å². The highest BCUT2D eigenvalue weighted by Crippen LogP contribution is 2.14. The Labute approximate surface area is 86.5 Å². The Hall–Kier alpha value is -1.29. The van der Waals surface area contributed by atoms with Crippen molar-refractivity contribution in [2.24, 2.45) is 0 Å². The summed E-state index contributed by atoms with van der Waals surface area (Å²) in [5.41, 5.74) is -0.282. The van der Waals surface area contributed by atoms with Crippen LogP contribution < -0.4 is 0 Å². The van der Waals surface area contributed by atoms with Crippen LogP contribution >= 0.6 is 0 Å². The number of hydrogen-bond acceptors (Lipinski definition) is 2. The molecular weight excluding hydrogens is 202 g/mol. The van der Waals surface area contributed by atoms with Crippen LogP contribution in [0.3, 0.4) is 0 Å². The summed E-state index contributed by atoms with van der Waals surface area (Å²) in [6.45, 7) is 1.63. The lowest BCUT2D eigenvalue weighted by Crippen LogP contribution is -2.22. The van der Waals surface area contributed by atoms with E-state index in [1.165, 1.54) is 6.07 Å². The molecule has 2 nitrogen and oxygen atoms in total. The number of hydrogen-bond donors (Lipinski definition) is 1. The van der Waals surface area contributed by atoms with Gasteiger partial charge >= 0.3 is 0 Å². The number of rotatable bonds is 4. The molecule has 0 aliphatic carbocycles. The minimum Gasteiger partial charge on any atom is -0.385 e. The van der Waals surface area contributed by atoms with Crippen molar-refractivity contribution >= 4 is 5.78 Å². The van der Waals surface area contributed by atoms with E-state index in [-0.39, 0.29) is 12.0 Å². The summed E-state index contributed by atoms with van der Waals surface area (Å²) in [6.07, 6.45) is -1.31. The van der Waals surface area contributed by atoms with Crippen molar-refractivity contribution in [2.75, 3.05) is 0 Å². The van der Waals surface area contributed by atoms with Crippen LogP contribution in [0.25, 0.3) is 0 Å². The van der Waals surface area contributed by atoms with Crippen molar-refractivity contribution in [3.05, 3.63) is 35.4 Å². The largest absolute Gasteiger partial charge is 0.385 e. The second-order valence-electron chi connectivity index (χ2n) is 3.27. The minimum absolute atomic E-state index is 0.245. The first-order valence-corrected chi connectivity index (χ1v) is 4.70. The predicted molar refractivity (Wildman–Crippen MR) is 51.4 cm³/mol. The van der Waals surface area contributed by atoms with Gasteiger partial charge in [0.25, 0.3) is 0 Å². The van der Waals surface area contributed by atoms with E-state index in [0.29, 0.717) is 0 Å². The first-order valence-electron chi connectivity index (χ1n) is 4.70. The van der Waals surface area contributed by atoms with Gasteiger partial charge in [0.15, 0.2) is 5.78 Å². The normalized spacial score (nSPS) is 12.5. The molecule has 4 heteroatoms. The van der Waals surface area contributed by atoms with Gasteiger partial charge < -0.3 is 5.11 Å². The fraction of sp³-hybridized carbons (Fsp3) is 0.364. The molecule has 0 fully saturated rings. The maximum Gasteiger partial charge on any atom is 0.165 e. The van der Waals surface area contributed by atoms with Crippen LogP contribution in [0.4, 0.5) is 8.78 Å². The van der Waals surface area contributed by atoms with Gasteiger partial charge in [0.05, 0.1) is 0 Å². The molecular formula is C11H12F2O2. The van der Waals surface area contributed by atoms with Crippen molar-refractivity contribution in [3.8, 4) is 0 Å². The molecule has 0 radical (unpaired) electrons. The zero-order valence-corrected chi connectivity index (χ0v) is 8.34. The lowest BCUT2D eigenvalue weighted by atomic mass is 10.0. The average molecular weight is 214 g/mol. The molecule has 0 saturated heterocycles. The summed E-state index contributed by atoms with van der Waals surface area (Å²) < 4.78 is 26.2. The van der Waals surface area contributed by atoms with Gasteiger partial charge in [-0.1, -0.05) is 13.0 Å². The standard InChI is InChI=1S/C11H12F2O2/c1-2-10(14)11(15)6-7-8(12)4-3-5-9(7)13/h3-5,10,14H,2,6H2,1H3. The van der Waals surface area contributed by atoms with Gasteiger partial charge in [-0.2, -0.15) is 0 Å². The molecule has 1 unspecified atom stereocenters. The summed E-state index contributed by atoms with van der Waals surface area (Å²) in [6, 6.07) is 3.41. The van der Waals surface area contributed by atoms with Crippen LogP contribution in [0.2, 0.25) is 0 Å². The Morgan fingerprint density at radius 2 is 1.93 bits per heavy atom. The summed E-state index contributed by atoms with van der Waals surface area (Å²) >= 11 is 0. The molecule has 1 rings (SSSR count). The average Bonchev–Trinajstić information content (AvgIpc) is 2.22. The van der Waals surface area contributed by atoms with Crippen LogP contribution in [0.5, 0.6) is 0 Å². The maximum atomic E-state index is 13.1. The van der Waals surface area contributed by atoms with Gasteiger partial charge in [-0.25, -0.2) is 8.78 Å². The third-order valence-electron chi connectivity index (χ3n) is 2.17. The van der Waals surface area contributed by atoms with Gasteiger partial charge in [-0.05, 0) is 18.6 Å². The summed E-state index contributed by atoms with van der Waals surface area (Å²) in [5.74, 6) is -2.08. The third kappa shape index (κ3) is 2.83. The summed E-state index contributed by atoms with van der Waals surface area (Å²) in [7, 11) is 0. The lowest BCUT2D eigenvalue weighted by molar-refractivity contribution is -0.126. The van der Waals surface area contributed by atoms with Crippen molar-refractivity contribution in [2.45, 2.75) is 25.9 Å². The summed E-state index contributed by atoms with van der Waals surface area (Å²) in [5, 5.41) is 9.18. The fourth-order valence-electron chi connectivity index (χ4n) is 1.22. The molecule has 15 heavy (non-hydrogen) atoms. The van der Waals surface area contributed by atoms with Crippen molar-refractivity contribution in [1.29, 1.82) is 0 Å². The van der Waals surface area contributed by atoms with Gasteiger partial charge in [0.1, 0.15) is 17.7 Å². The highest BCUT2D eigenvalue weighted by atomic mass is 19.1. The molecule has 82 valence electrons. The molecule has 0 heterocycles. The quantitative estimate of drug-likeness (QED) is 0.830. The van der Waals surface area contributed by atoms with Gasteiger partial charge in [0.2, 0.25) is 0 Å². The first-order chi connectivity index (χ1) is 7.06. The van der Waals surface area contributed by atoms with Gasteiger partial charge in [-0.3, -0.25) is 4.79 Å². The predicted octanol–water partition coefficient (Wildman–Crippen LogP) is 1.85. The molecule has 0 bridgehead atoms. The monoisotopic (exact) mass is 214 g/mol. The smallest absolute Gasteiger partial charge is 0.165 e. The molecule has 1 aromatic carbocycles. The van der Waals surface area contributed by atoms with Gasteiger partial charge in [-0.15, -0.1) is 0 Å². The minimum atomic E-state index is -1.15. The SMILES string of the molecule is CCC(O)C(=O)Cc1c(F)cccc1F. The van der Waals surface area contributed by atoms with Crippen molar-refractivity contribution in [1.82, 2.24) is 0 Å². The Bertz CT molecular complexity index is 343. The van der Waals surface area contributed by atoms with Crippen LogP contribution in [-0.4, -0.2) is 17.0 Å². The van der Waals surface area contributed by atoms with E-state index in [0.717, 1.165) is 12.1 Å². The van der Waals surface area contributed by atoms with Crippen molar-refractivity contribution in [3.63, 3.8) is 0 Å². The molecule has 1 N–H and O–H groups in total. The number of aliphatic hydroxyl groups excluding tert-OH is 1. The highest BCUT2D eigenvalue weighted by Gasteiger charge is 2.17. The lowest BCUT2D eigenvalue weighted by Gasteiger charge is -2.07. The molecule has 0 aliphatic rings. The molecule has 0 amide bonds. The van der Waals surface area contributed by atoms with E-state index >= 15 is 0 Å². The molecule has 1 aromatic rings. The number of benzene rings is 1. The van der Waals surface area contributed by atoms with Gasteiger partial charge in [0, 0.05) is 12.0 Å². The molecule has 0 spiro atoms. The highest BCUT2D eigenvalue weighted by molar-refractivity contribution is 5.84. The van der Waals surface area contributed by atoms with Crippen molar-refractivity contribution < 1.29 is 18.7 Å². The molecule has 1 atom stereocenters. The van der Waals surface area contributed by atoms with Crippen LogP contribution in [0.15, 0.2) is 18.2 Å². The van der Waals surface area contributed by atoms with Crippen LogP contribution in [-0.2, 0) is 11.2 Å². The first kappa shape index (κ1) is 11.8. The Morgan fingerprint density at radius 1 is 1.40 bits per heavy atom. The van der Waals surface area contributed by atoms with E-state index in [9.17, 15) is 18.7 Å². The number of halogens is 2. The van der Waals surface area contributed by atoms with E-state index in [1.54, 1.807) is 6.92 Å². The Morgan fingerprint density at radius 3 is 2.40 bits per heavy atom. The van der Waals surface area contributed by atoms with E-state index in [1.807, 2.05) is 0 Å². The van der Waals surface area contributed by atoms with Crippen LogP contribution in [0, 0.1) is 11.6 Å². The number of carbonyl (C=O) groups is 1. The summed E-state index contributed by atoms with van der Waals surface area (Å²) in [4.78, 5) is 11.3. The van der Waals surface area contributed by atoms with Crippen LogP contribution in [0.1, 0.15) is 18.9 Å². The molecule has 0 aromatic heterocycles. The number of aliphatic hydroxyl groups is 1. The number of ketones is 1. The second-order valence-corrected chi connectivity index (χ2v) is 3.27. The zero-order chi connectivity index (χ0) is 11.4. The third-order valence-corrected chi connectivity index (χ3v) is 2.17. The zero-order valence-electron chi connectivity index (χ0n) is 8.34. The molecule has 0 saturated carbocycles. The molecule has 0 aliphatic heterocycles. The second kappa shape index (κ2) is 4.98. The Kier molecular flexibility index (Phi) is 3.91.